The maximum absolute atomic E-state index is 13.5. The Morgan fingerprint density at radius 3 is 2.32 bits per heavy atom. The second-order valence-corrected chi connectivity index (χ2v) is 6.93. The molecule has 1 fully saturated rings. The van der Waals surface area contributed by atoms with Crippen molar-refractivity contribution in [1.82, 2.24) is 10.2 Å². The molecule has 2 amide bonds. The van der Waals surface area contributed by atoms with Crippen LogP contribution in [-0.4, -0.2) is 56.0 Å². The third kappa shape index (κ3) is 5.43. The molecule has 1 saturated heterocycles. The van der Waals surface area contributed by atoms with Crippen molar-refractivity contribution in [3.63, 3.8) is 0 Å². The molecule has 0 saturated carbocycles. The Kier molecular flexibility index (Phi) is 6.84. The maximum Gasteiger partial charge on any atom is 0.313 e. The van der Waals surface area contributed by atoms with Gasteiger partial charge in [-0.25, -0.2) is 4.39 Å². The Morgan fingerprint density at radius 2 is 1.64 bits per heavy atom. The Labute approximate surface area is 168 Å². The molecule has 2 N–H and O–H groups in total. The van der Waals surface area contributed by atoms with E-state index < -0.39 is 17.6 Å². The second-order valence-electron chi connectivity index (χ2n) is 6.49. The second kappa shape index (κ2) is 9.52. The van der Waals surface area contributed by atoms with Gasteiger partial charge in [-0.1, -0.05) is 23.7 Å². The number of benzene rings is 2. The van der Waals surface area contributed by atoms with Gasteiger partial charge in [-0.05, 0) is 36.4 Å². The molecule has 0 radical (unpaired) electrons. The number of carbonyl (C=O) groups is 2. The van der Waals surface area contributed by atoms with Crippen molar-refractivity contribution < 1.29 is 14.0 Å². The fourth-order valence-electron chi connectivity index (χ4n) is 3.03. The number of rotatable bonds is 5. The number of para-hydroxylation sites is 1. The standard InChI is InChI=1S/C20H22ClFN4O2/c21-15-5-7-16(8-6-15)26-13-11-25(12-14-26)10-9-23-19(27)20(28)24-18-4-2-1-3-17(18)22/h1-8H,9-14H2,(H,23,27)(H,24,28). The summed E-state index contributed by atoms with van der Waals surface area (Å²) in [4.78, 5) is 28.2. The highest BCUT2D eigenvalue weighted by molar-refractivity contribution is 6.39. The number of halogens is 2. The quantitative estimate of drug-likeness (QED) is 0.751. The first kappa shape index (κ1) is 20.1. The fraction of sp³-hybridized carbons (Fsp3) is 0.300. The SMILES string of the molecule is O=C(NCCN1CCN(c2ccc(Cl)cc2)CC1)C(=O)Nc1ccccc1F. The van der Waals surface area contributed by atoms with E-state index in [1.54, 1.807) is 6.07 Å². The van der Waals surface area contributed by atoms with Gasteiger partial charge in [0.1, 0.15) is 5.82 Å². The average Bonchev–Trinajstić information content (AvgIpc) is 2.71. The lowest BCUT2D eigenvalue weighted by molar-refractivity contribution is -0.136. The van der Waals surface area contributed by atoms with Crippen molar-refractivity contribution >= 4 is 34.8 Å². The van der Waals surface area contributed by atoms with Crippen LogP contribution in [0.2, 0.25) is 5.02 Å². The normalized spacial score (nSPS) is 14.6. The summed E-state index contributed by atoms with van der Waals surface area (Å²) >= 11 is 5.92. The van der Waals surface area contributed by atoms with E-state index in [2.05, 4.69) is 20.4 Å². The number of hydrogen-bond donors (Lipinski definition) is 2. The third-order valence-corrected chi connectivity index (χ3v) is 4.86. The lowest BCUT2D eigenvalue weighted by atomic mass is 10.2. The monoisotopic (exact) mass is 404 g/mol. The lowest BCUT2D eigenvalue weighted by Gasteiger charge is -2.36. The summed E-state index contributed by atoms with van der Waals surface area (Å²) in [6.07, 6.45) is 0. The fourth-order valence-corrected chi connectivity index (χ4v) is 3.16. The first-order valence-electron chi connectivity index (χ1n) is 9.09. The van der Waals surface area contributed by atoms with Gasteiger partial charge in [0.05, 0.1) is 5.69 Å². The van der Waals surface area contributed by atoms with Crippen LogP contribution in [0.3, 0.4) is 0 Å². The molecule has 1 aliphatic heterocycles. The van der Waals surface area contributed by atoms with Crippen LogP contribution in [0.1, 0.15) is 0 Å². The molecule has 0 bridgehead atoms. The highest BCUT2D eigenvalue weighted by Gasteiger charge is 2.18. The summed E-state index contributed by atoms with van der Waals surface area (Å²) in [5.41, 5.74) is 1.13. The zero-order chi connectivity index (χ0) is 19.9. The number of piperazine rings is 1. The van der Waals surface area contributed by atoms with Gasteiger partial charge in [0.15, 0.2) is 0 Å². The van der Waals surface area contributed by atoms with Crippen molar-refractivity contribution in [3.05, 3.63) is 59.4 Å². The predicted molar refractivity (Wildman–Crippen MR) is 108 cm³/mol. The van der Waals surface area contributed by atoms with Crippen molar-refractivity contribution in [2.45, 2.75) is 0 Å². The molecule has 8 heteroatoms. The number of hydrogen-bond acceptors (Lipinski definition) is 4. The zero-order valence-electron chi connectivity index (χ0n) is 15.3. The van der Waals surface area contributed by atoms with Crippen LogP contribution in [0.5, 0.6) is 0 Å². The van der Waals surface area contributed by atoms with Crippen LogP contribution in [0.4, 0.5) is 15.8 Å². The van der Waals surface area contributed by atoms with E-state index in [1.165, 1.54) is 18.2 Å². The van der Waals surface area contributed by atoms with E-state index in [9.17, 15) is 14.0 Å². The van der Waals surface area contributed by atoms with Crippen LogP contribution in [0.15, 0.2) is 48.5 Å². The van der Waals surface area contributed by atoms with Gasteiger partial charge in [0.25, 0.3) is 0 Å². The minimum Gasteiger partial charge on any atom is -0.369 e. The smallest absolute Gasteiger partial charge is 0.313 e. The minimum absolute atomic E-state index is 0.0130. The molecule has 0 atom stereocenters. The van der Waals surface area contributed by atoms with Gasteiger partial charge in [-0.3, -0.25) is 14.5 Å². The maximum atomic E-state index is 13.5. The van der Waals surface area contributed by atoms with Gasteiger partial charge in [-0.15, -0.1) is 0 Å². The van der Waals surface area contributed by atoms with E-state index in [0.717, 1.165) is 36.9 Å². The number of nitrogens with one attached hydrogen (secondary N) is 2. The van der Waals surface area contributed by atoms with Gasteiger partial charge in [0.2, 0.25) is 0 Å². The van der Waals surface area contributed by atoms with Gasteiger partial charge in [0, 0.05) is 50.0 Å². The van der Waals surface area contributed by atoms with Crippen LogP contribution in [0, 0.1) is 5.82 Å². The molecule has 0 spiro atoms. The highest BCUT2D eigenvalue weighted by Crippen LogP contribution is 2.19. The van der Waals surface area contributed by atoms with Crippen molar-refractivity contribution in [2.24, 2.45) is 0 Å². The molecule has 1 aliphatic rings. The summed E-state index contributed by atoms with van der Waals surface area (Å²) < 4.78 is 13.5. The predicted octanol–water partition coefficient (Wildman–Crippen LogP) is 2.36. The largest absolute Gasteiger partial charge is 0.369 e. The van der Waals surface area contributed by atoms with E-state index in [1.807, 2.05) is 24.3 Å². The Bertz CT molecular complexity index is 823. The topological polar surface area (TPSA) is 64.7 Å². The lowest BCUT2D eigenvalue weighted by Crippen LogP contribution is -2.49. The van der Waals surface area contributed by atoms with Crippen LogP contribution >= 0.6 is 11.6 Å². The number of carbonyl (C=O) groups excluding carboxylic acids is 2. The molecule has 148 valence electrons. The van der Waals surface area contributed by atoms with Crippen molar-refractivity contribution in [2.75, 3.05) is 49.5 Å². The van der Waals surface area contributed by atoms with Gasteiger partial charge < -0.3 is 15.5 Å². The average molecular weight is 405 g/mol. The summed E-state index contributed by atoms with van der Waals surface area (Å²) in [5.74, 6) is -2.23. The summed E-state index contributed by atoms with van der Waals surface area (Å²) in [6, 6.07) is 13.5. The molecule has 0 unspecified atom stereocenters. The van der Waals surface area contributed by atoms with E-state index in [0.29, 0.717) is 13.1 Å². The minimum atomic E-state index is -0.877. The molecular weight excluding hydrogens is 383 g/mol. The Balaban J connectivity index is 1.37. The van der Waals surface area contributed by atoms with Gasteiger partial charge >= 0.3 is 11.8 Å². The van der Waals surface area contributed by atoms with E-state index in [4.69, 9.17) is 11.6 Å². The van der Waals surface area contributed by atoms with Crippen molar-refractivity contribution in [1.29, 1.82) is 0 Å². The van der Waals surface area contributed by atoms with E-state index >= 15 is 0 Å². The molecular formula is C20H22ClFN4O2. The highest BCUT2D eigenvalue weighted by atomic mass is 35.5. The molecule has 2 aromatic rings. The Hall–Kier alpha value is -2.64. The van der Waals surface area contributed by atoms with Crippen LogP contribution < -0.4 is 15.5 Å². The van der Waals surface area contributed by atoms with E-state index in [-0.39, 0.29) is 5.69 Å². The molecule has 6 nitrogen and oxygen atoms in total. The summed E-state index contributed by atoms with van der Waals surface area (Å²) in [7, 11) is 0. The van der Waals surface area contributed by atoms with Crippen LogP contribution in [0.25, 0.3) is 0 Å². The van der Waals surface area contributed by atoms with Crippen LogP contribution in [-0.2, 0) is 9.59 Å². The number of amides is 2. The first-order chi connectivity index (χ1) is 13.5. The molecule has 1 heterocycles. The van der Waals surface area contributed by atoms with Crippen molar-refractivity contribution in [3.8, 4) is 0 Å². The molecule has 0 aliphatic carbocycles. The zero-order valence-corrected chi connectivity index (χ0v) is 16.1. The third-order valence-electron chi connectivity index (χ3n) is 4.61. The molecule has 3 rings (SSSR count). The summed E-state index contributed by atoms with van der Waals surface area (Å²) in [6.45, 7) is 4.48. The Morgan fingerprint density at radius 1 is 0.964 bits per heavy atom. The molecule has 0 aromatic heterocycles. The summed E-state index contributed by atoms with van der Waals surface area (Å²) in [5, 5.41) is 5.57. The molecule has 28 heavy (non-hydrogen) atoms. The molecule has 2 aromatic carbocycles. The number of nitrogens with zero attached hydrogens (tertiary/aromatic N) is 2. The van der Waals surface area contributed by atoms with Gasteiger partial charge in [-0.2, -0.15) is 0 Å². The first-order valence-corrected chi connectivity index (χ1v) is 9.47. The number of anilines is 2.